The average molecular weight is 361 g/mol. The molecule has 2 heterocycles. The molecule has 0 saturated heterocycles. The van der Waals surface area contributed by atoms with Crippen molar-refractivity contribution < 1.29 is 27.8 Å². The summed E-state index contributed by atoms with van der Waals surface area (Å²) in [6.07, 6.45) is 1.07. The van der Waals surface area contributed by atoms with E-state index in [1.54, 1.807) is 12.1 Å². The second-order valence-electron chi connectivity index (χ2n) is 6.15. The van der Waals surface area contributed by atoms with Crippen molar-refractivity contribution in [2.45, 2.75) is 12.8 Å². The van der Waals surface area contributed by atoms with Crippen molar-refractivity contribution in [1.29, 1.82) is 0 Å². The fourth-order valence-electron chi connectivity index (χ4n) is 3.38. The molecule has 0 fully saturated rings. The van der Waals surface area contributed by atoms with Crippen LogP contribution < -0.4 is 19.1 Å². The van der Waals surface area contributed by atoms with Gasteiger partial charge in [-0.25, -0.2) is 8.78 Å². The Morgan fingerprint density at radius 3 is 2.77 bits per heavy atom. The van der Waals surface area contributed by atoms with E-state index < -0.39 is 11.6 Å². The summed E-state index contributed by atoms with van der Waals surface area (Å²) in [7, 11) is 1.47. The van der Waals surface area contributed by atoms with E-state index in [0.717, 1.165) is 6.07 Å². The molecule has 0 radical (unpaired) electrons. The van der Waals surface area contributed by atoms with Crippen LogP contribution in [0.1, 0.15) is 22.3 Å². The first-order valence-corrected chi connectivity index (χ1v) is 8.36. The van der Waals surface area contributed by atoms with E-state index in [1.807, 2.05) is 0 Å². The van der Waals surface area contributed by atoms with Gasteiger partial charge in [0.05, 0.1) is 12.8 Å². The van der Waals surface area contributed by atoms with Crippen LogP contribution in [0.3, 0.4) is 0 Å². The van der Waals surface area contributed by atoms with Crippen LogP contribution in [0.4, 0.5) is 14.5 Å². The molecule has 0 spiro atoms. The second-order valence-corrected chi connectivity index (χ2v) is 6.15. The molecule has 0 N–H and O–H groups in total. The Balaban J connectivity index is 1.76. The van der Waals surface area contributed by atoms with Crippen LogP contribution in [-0.2, 0) is 6.42 Å². The number of nitrogens with zero attached hydrogens (tertiary/aromatic N) is 1. The molecule has 26 heavy (non-hydrogen) atoms. The molecular weight excluding hydrogens is 344 g/mol. The highest BCUT2D eigenvalue weighted by Gasteiger charge is 2.29. The van der Waals surface area contributed by atoms with Gasteiger partial charge in [-0.05, 0) is 31.0 Å². The number of carbonyl (C=O) groups excluding carboxylic acids is 1. The third-order valence-electron chi connectivity index (χ3n) is 4.56. The summed E-state index contributed by atoms with van der Waals surface area (Å²) < 4.78 is 44.2. The maximum atomic E-state index is 14.1. The van der Waals surface area contributed by atoms with Crippen LogP contribution in [-0.4, -0.2) is 32.8 Å². The summed E-state index contributed by atoms with van der Waals surface area (Å²) in [5, 5.41) is 0. The smallest absolute Gasteiger partial charge is 0.258 e. The van der Waals surface area contributed by atoms with Gasteiger partial charge in [0.2, 0.25) is 5.75 Å². The summed E-state index contributed by atoms with van der Waals surface area (Å²) in [4.78, 5) is 14.5. The van der Waals surface area contributed by atoms with Gasteiger partial charge < -0.3 is 19.1 Å². The van der Waals surface area contributed by atoms with Crippen LogP contribution in [0.2, 0.25) is 0 Å². The van der Waals surface area contributed by atoms with Crippen molar-refractivity contribution in [1.82, 2.24) is 0 Å². The quantitative estimate of drug-likeness (QED) is 0.823. The van der Waals surface area contributed by atoms with Crippen molar-refractivity contribution in [3.8, 4) is 17.2 Å². The van der Waals surface area contributed by atoms with Gasteiger partial charge in [-0.1, -0.05) is 0 Å². The zero-order valence-electron chi connectivity index (χ0n) is 14.2. The van der Waals surface area contributed by atoms with Crippen molar-refractivity contribution in [2.75, 3.05) is 31.8 Å². The molecule has 0 atom stereocenters. The lowest BCUT2D eigenvalue weighted by molar-refractivity contribution is 0.0983. The zero-order valence-corrected chi connectivity index (χ0v) is 14.2. The van der Waals surface area contributed by atoms with Gasteiger partial charge in [0, 0.05) is 23.7 Å². The molecule has 5 nitrogen and oxygen atoms in total. The number of benzene rings is 2. The second kappa shape index (κ2) is 6.48. The minimum absolute atomic E-state index is 0.271. The van der Waals surface area contributed by atoms with E-state index in [4.69, 9.17) is 14.2 Å². The molecule has 0 bridgehead atoms. The summed E-state index contributed by atoms with van der Waals surface area (Å²) in [5.41, 5.74) is 0.937. The van der Waals surface area contributed by atoms with Crippen LogP contribution in [0.15, 0.2) is 24.3 Å². The lowest BCUT2D eigenvalue weighted by Gasteiger charge is -2.30. The van der Waals surface area contributed by atoms with Gasteiger partial charge in [-0.2, -0.15) is 0 Å². The van der Waals surface area contributed by atoms with Gasteiger partial charge >= 0.3 is 0 Å². The molecule has 7 heteroatoms. The lowest BCUT2D eigenvalue weighted by atomic mass is 9.99. The molecule has 2 aliphatic rings. The third kappa shape index (κ3) is 2.73. The predicted octanol–water partition coefficient (Wildman–Crippen LogP) is 3.34. The van der Waals surface area contributed by atoms with Crippen molar-refractivity contribution >= 4 is 11.6 Å². The molecule has 0 aliphatic carbocycles. The number of rotatable bonds is 2. The van der Waals surface area contributed by atoms with Gasteiger partial charge in [-0.3, -0.25) is 4.79 Å². The maximum absolute atomic E-state index is 14.1. The largest absolute Gasteiger partial charge is 0.493 e. The number of anilines is 1. The lowest BCUT2D eigenvalue weighted by Crippen LogP contribution is -2.36. The van der Waals surface area contributed by atoms with Gasteiger partial charge in [0.25, 0.3) is 5.91 Å². The molecule has 2 aliphatic heterocycles. The number of methoxy groups -OCH3 is 1. The van der Waals surface area contributed by atoms with Gasteiger partial charge in [0.1, 0.15) is 24.8 Å². The van der Waals surface area contributed by atoms with Crippen LogP contribution in [0.5, 0.6) is 17.2 Å². The normalized spacial score (nSPS) is 15.4. The Morgan fingerprint density at radius 2 is 1.96 bits per heavy atom. The number of carbonyl (C=O) groups is 1. The van der Waals surface area contributed by atoms with E-state index in [2.05, 4.69) is 0 Å². The van der Waals surface area contributed by atoms with Crippen molar-refractivity contribution in [3.63, 3.8) is 0 Å². The number of halogens is 2. The predicted molar refractivity (Wildman–Crippen MR) is 90.3 cm³/mol. The van der Waals surface area contributed by atoms with Crippen LogP contribution >= 0.6 is 0 Å². The summed E-state index contributed by atoms with van der Waals surface area (Å²) in [6.45, 7) is 1.15. The van der Waals surface area contributed by atoms with E-state index in [1.165, 1.54) is 18.1 Å². The fraction of sp³-hybridized carbons (Fsp3) is 0.316. The summed E-state index contributed by atoms with van der Waals surface area (Å²) in [6, 6.07) is 5.17. The highest BCUT2D eigenvalue weighted by Crippen LogP contribution is 2.41. The van der Waals surface area contributed by atoms with Crippen LogP contribution in [0.25, 0.3) is 0 Å². The molecule has 0 aromatic heterocycles. The molecule has 4 rings (SSSR count). The first-order valence-electron chi connectivity index (χ1n) is 8.36. The Kier molecular flexibility index (Phi) is 4.14. The van der Waals surface area contributed by atoms with Crippen LogP contribution in [0, 0.1) is 11.6 Å². The first kappa shape index (κ1) is 16.6. The minimum Gasteiger partial charge on any atom is -0.493 e. The number of hydrogen-bond donors (Lipinski definition) is 0. The number of hydrogen-bond acceptors (Lipinski definition) is 4. The number of fused-ring (bicyclic) bond motifs is 2. The fourth-order valence-corrected chi connectivity index (χ4v) is 3.38. The Hall–Kier alpha value is -2.83. The molecule has 0 saturated carbocycles. The Labute approximate surface area is 149 Å². The van der Waals surface area contributed by atoms with E-state index in [0.29, 0.717) is 61.0 Å². The highest BCUT2D eigenvalue weighted by atomic mass is 19.1. The van der Waals surface area contributed by atoms with Crippen molar-refractivity contribution in [3.05, 3.63) is 47.0 Å². The SMILES string of the molecule is COc1cc(C(=O)N2CCCc3c(F)cc(F)cc32)cc2c1OCCO2. The molecule has 2 aromatic carbocycles. The monoisotopic (exact) mass is 361 g/mol. The Bertz CT molecular complexity index is 867. The van der Waals surface area contributed by atoms with E-state index in [-0.39, 0.29) is 11.6 Å². The third-order valence-corrected chi connectivity index (χ3v) is 4.56. The van der Waals surface area contributed by atoms with Crippen molar-refractivity contribution in [2.24, 2.45) is 0 Å². The first-order chi connectivity index (χ1) is 12.6. The van der Waals surface area contributed by atoms with E-state index in [9.17, 15) is 13.6 Å². The molecule has 2 aromatic rings. The topological polar surface area (TPSA) is 48.0 Å². The van der Waals surface area contributed by atoms with Gasteiger partial charge in [0.15, 0.2) is 11.5 Å². The zero-order chi connectivity index (χ0) is 18.3. The minimum atomic E-state index is -0.708. The Morgan fingerprint density at radius 1 is 1.15 bits per heavy atom. The summed E-state index contributed by atoms with van der Waals surface area (Å²) in [5.74, 6) is -0.453. The van der Waals surface area contributed by atoms with E-state index >= 15 is 0 Å². The maximum Gasteiger partial charge on any atom is 0.258 e. The molecular formula is C19H17F2NO4. The summed E-state index contributed by atoms with van der Waals surface area (Å²) >= 11 is 0. The average Bonchev–Trinajstić information content (AvgIpc) is 2.66. The highest BCUT2D eigenvalue weighted by molar-refractivity contribution is 6.07. The van der Waals surface area contributed by atoms with Gasteiger partial charge in [-0.15, -0.1) is 0 Å². The number of ether oxygens (including phenoxy) is 3. The molecule has 136 valence electrons. The number of amides is 1. The standard InChI is InChI=1S/C19H17F2NO4/c1-24-16-7-11(8-17-18(16)26-6-5-25-17)19(23)22-4-2-3-13-14(21)9-12(20)10-15(13)22/h7-10H,2-6H2,1H3. The molecule has 0 unspecified atom stereocenters. The molecule has 1 amide bonds.